The van der Waals surface area contributed by atoms with Crippen molar-refractivity contribution in [3.8, 4) is 0 Å². The summed E-state index contributed by atoms with van der Waals surface area (Å²) in [7, 11) is 0. The Morgan fingerprint density at radius 3 is 2.28 bits per heavy atom. The zero-order valence-corrected chi connectivity index (χ0v) is 12.9. The minimum absolute atomic E-state index is 0.0544. The van der Waals surface area contributed by atoms with Gasteiger partial charge in [-0.2, -0.15) is 0 Å². The van der Waals surface area contributed by atoms with Crippen LogP contribution >= 0.6 is 0 Å². The van der Waals surface area contributed by atoms with Crippen LogP contribution in [0.5, 0.6) is 0 Å². The van der Waals surface area contributed by atoms with Crippen molar-refractivity contribution in [2.24, 2.45) is 5.92 Å². The van der Waals surface area contributed by atoms with E-state index in [1.807, 2.05) is 0 Å². The third-order valence-electron chi connectivity index (χ3n) is 4.47. The van der Waals surface area contributed by atoms with Crippen molar-refractivity contribution in [2.75, 3.05) is 13.2 Å². The van der Waals surface area contributed by atoms with Crippen molar-refractivity contribution >= 4 is 0 Å². The fourth-order valence-corrected chi connectivity index (χ4v) is 3.01. The Balaban J connectivity index is 2.60. The van der Waals surface area contributed by atoms with Crippen molar-refractivity contribution < 1.29 is 4.74 Å². The van der Waals surface area contributed by atoms with Gasteiger partial charge in [0, 0.05) is 12.6 Å². The van der Waals surface area contributed by atoms with Crippen LogP contribution in [-0.2, 0) is 4.74 Å². The molecule has 1 rings (SSSR count). The van der Waals surface area contributed by atoms with E-state index in [-0.39, 0.29) is 5.60 Å². The van der Waals surface area contributed by atoms with E-state index >= 15 is 0 Å². The summed E-state index contributed by atoms with van der Waals surface area (Å²) in [4.78, 5) is 0. The van der Waals surface area contributed by atoms with Crippen LogP contribution in [0.3, 0.4) is 0 Å². The van der Waals surface area contributed by atoms with Gasteiger partial charge >= 0.3 is 0 Å². The van der Waals surface area contributed by atoms with Gasteiger partial charge in [-0.1, -0.05) is 33.6 Å². The number of hydrogen-bond acceptors (Lipinski definition) is 2. The Morgan fingerprint density at radius 1 is 1.17 bits per heavy atom. The van der Waals surface area contributed by atoms with E-state index in [1.165, 1.54) is 32.1 Å². The van der Waals surface area contributed by atoms with Gasteiger partial charge in [-0.3, -0.25) is 0 Å². The third kappa shape index (κ3) is 4.55. The Kier molecular flexibility index (Phi) is 7.25. The first-order chi connectivity index (χ1) is 8.72. The first-order valence-corrected chi connectivity index (χ1v) is 8.09. The van der Waals surface area contributed by atoms with Gasteiger partial charge in [0.15, 0.2) is 0 Å². The van der Waals surface area contributed by atoms with Crippen LogP contribution in [0.15, 0.2) is 0 Å². The van der Waals surface area contributed by atoms with E-state index in [9.17, 15) is 0 Å². The lowest BCUT2D eigenvalue weighted by atomic mass is 9.84. The molecule has 1 aliphatic rings. The van der Waals surface area contributed by atoms with Crippen LogP contribution in [0, 0.1) is 5.92 Å². The van der Waals surface area contributed by atoms with Crippen LogP contribution < -0.4 is 5.32 Å². The Bertz CT molecular complexity index is 209. The molecular formula is C16H33NO. The normalized spacial score (nSPS) is 18.0. The van der Waals surface area contributed by atoms with E-state index in [0.29, 0.717) is 6.04 Å². The summed E-state index contributed by atoms with van der Waals surface area (Å²) in [6.45, 7) is 10.9. The monoisotopic (exact) mass is 255 g/mol. The molecule has 0 spiro atoms. The molecule has 0 heterocycles. The lowest BCUT2D eigenvalue weighted by molar-refractivity contribution is -0.0742. The van der Waals surface area contributed by atoms with Gasteiger partial charge < -0.3 is 10.1 Å². The fraction of sp³-hybridized carbons (Fsp3) is 1.00. The van der Waals surface area contributed by atoms with Gasteiger partial charge in [0.1, 0.15) is 0 Å². The zero-order chi connectivity index (χ0) is 13.4. The molecule has 1 aliphatic carbocycles. The second-order valence-electron chi connectivity index (χ2n) is 5.73. The number of ether oxygens (including phenoxy) is 1. The van der Waals surface area contributed by atoms with Crippen molar-refractivity contribution in [3.63, 3.8) is 0 Å². The standard InChI is InChI=1S/C16H33NO/c1-5-13-17-15(12-11-14-9-10-14)16(6-2,7-3)18-8-4/h14-15,17H,5-13H2,1-4H3. The first-order valence-electron chi connectivity index (χ1n) is 8.09. The van der Waals surface area contributed by atoms with Crippen molar-refractivity contribution in [3.05, 3.63) is 0 Å². The van der Waals surface area contributed by atoms with Crippen molar-refractivity contribution in [1.29, 1.82) is 0 Å². The molecule has 0 amide bonds. The predicted molar refractivity (Wildman–Crippen MR) is 79.0 cm³/mol. The summed E-state index contributed by atoms with van der Waals surface area (Å²) in [5.74, 6) is 1.02. The minimum Gasteiger partial charge on any atom is -0.374 e. The molecule has 0 aromatic rings. The molecule has 2 nitrogen and oxygen atoms in total. The van der Waals surface area contributed by atoms with Gasteiger partial charge in [-0.15, -0.1) is 0 Å². The van der Waals surface area contributed by atoms with Crippen LogP contribution in [0.25, 0.3) is 0 Å². The highest BCUT2D eigenvalue weighted by Gasteiger charge is 2.36. The summed E-state index contributed by atoms with van der Waals surface area (Å²) in [5.41, 5.74) is 0.0544. The van der Waals surface area contributed by atoms with Crippen molar-refractivity contribution in [1.82, 2.24) is 5.32 Å². The van der Waals surface area contributed by atoms with Gasteiger partial charge in [0.2, 0.25) is 0 Å². The Morgan fingerprint density at radius 2 is 1.83 bits per heavy atom. The van der Waals surface area contributed by atoms with Crippen LogP contribution in [0.4, 0.5) is 0 Å². The molecule has 0 saturated heterocycles. The molecule has 1 N–H and O–H groups in total. The summed E-state index contributed by atoms with van der Waals surface area (Å²) in [6.07, 6.45) is 9.02. The molecule has 0 radical (unpaired) electrons. The van der Waals surface area contributed by atoms with Gasteiger partial charge in [-0.25, -0.2) is 0 Å². The molecule has 108 valence electrons. The highest BCUT2D eigenvalue weighted by molar-refractivity contribution is 4.92. The second kappa shape index (κ2) is 8.16. The van der Waals surface area contributed by atoms with Crippen LogP contribution in [0.2, 0.25) is 0 Å². The molecule has 0 aromatic carbocycles. The summed E-state index contributed by atoms with van der Waals surface area (Å²) in [5, 5.41) is 3.76. The quantitative estimate of drug-likeness (QED) is 0.599. The lowest BCUT2D eigenvalue weighted by Crippen LogP contribution is -2.52. The average molecular weight is 255 g/mol. The lowest BCUT2D eigenvalue weighted by Gasteiger charge is -2.40. The summed E-state index contributed by atoms with van der Waals surface area (Å²) < 4.78 is 6.18. The highest BCUT2D eigenvalue weighted by Crippen LogP contribution is 2.36. The molecule has 1 fully saturated rings. The number of rotatable bonds is 11. The average Bonchev–Trinajstić information content (AvgIpc) is 3.21. The summed E-state index contributed by atoms with van der Waals surface area (Å²) >= 11 is 0. The van der Waals surface area contributed by atoms with Crippen LogP contribution in [-0.4, -0.2) is 24.8 Å². The van der Waals surface area contributed by atoms with E-state index in [1.54, 1.807) is 0 Å². The molecule has 0 aromatic heterocycles. The SMILES string of the molecule is CCCNC(CCC1CC1)C(CC)(CC)OCC. The molecule has 1 saturated carbocycles. The minimum atomic E-state index is 0.0544. The van der Waals surface area contributed by atoms with E-state index in [2.05, 4.69) is 33.0 Å². The maximum atomic E-state index is 6.18. The Hall–Kier alpha value is -0.0800. The van der Waals surface area contributed by atoms with Crippen LogP contribution in [0.1, 0.15) is 72.6 Å². The first kappa shape index (κ1) is 16.0. The fourth-order valence-electron chi connectivity index (χ4n) is 3.01. The Labute approximate surface area is 114 Å². The second-order valence-corrected chi connectivity index (χ2v) is 5.73. The molecule has 1 atom stereocenters. The number of nitrogens with one attached hydrogen (secondary N) is 1. The third-order valence-corrected chi connectivity index (χ3v) is 4.47. The number of hydrogen-bond donors (Lipinski definition) is 1. The summed E-state index contributed by atoms with van der Waals surface area (Å²) in [6, 6.07) is 0.535. The van der Waals surface area contributed by atoms with E-state index < -0.39 is 0 Å². The van der Waals surface area contributed by atoms with Gasteiger partial charge in [-0.05, 0) is 51.5 Å². The highest BCUT2D eigenvalue weighted by atomic mass is 16.5. The van der Waals surface area contributed by atoms with Crippen molar-refractivity contribution in [2.45, 2.75) is 84.3 Å². The molecule has 18 heavy (non-hydrogen) atoms. The smallest absolute Gasteiger partial charge is 0.0829 e. The van der Waals surface area contributed by atoms with Gasteiger partial charge in [0.05, 0.1) is 5.60 Å². The predicted octanol–water partition coefficient (Wildman–Crippen LogP) is 4.14. The molecule has 0 aliphatic heterocycles. The maximum absolute atomic E-state index is 6.18. The zero-order valence-electron chi connectivity index (χ0n) is 12.9. The molecular weight excluding hydrogens is 222 g/mol. The topological polar surface area (TPSA) is 21.3 Å². The molecule has 1 unspecified atom stereocenters. The van der Waals surface area contributed by atoms with E-state index in [0.717, 1.165) is 31.9 Å². The molecule has 2 heteroatoms. The molecule has 0 bridgehead atoms. The largest absolute Gasteiger partial charge is 0.374 e. The maximum Gasteiger partial charge on any atom is 0.0829 e. The van der Waals surface area contributed by atoms with E-state index in [4.69, 9.17) is 4.74 Å². The van der Waals surface area contributed by atoms with Gasteiger partial charge in [0.25, 0.3) is 0 Å².